The van der Waals surface area contributed by atoms with Crippen LogP contribution in [0.1, 0.15) is 28.4 Å². The first kappa shape index (κ1) is 18.4. The Labute approximate surface area is 147 Å². The summed E-state index contributed by atoms with van der Waals surface area (Å²) in [6, 6.07) is 9.69. The summed E-state index contributed by atoms with van der Waals surface area (Å²) in [4.78, 5) is 12.6. The average molecular weight is 367 g/mol. The summed E-state index contributed by atoms with van der Waals surface area (Å²) in [5.41, 5.74) is 2.32. The van der Waals surface area contributed by atoms with Crippen molar-refractivity contribution in [2.75, 3.05) is 11.9 Å². The Morgan fingerprint density at radius 3 is 2.54 bits per heavy atom. The van der Waals surface area contributed by atoms with Gasteiger partial charge in [-0.25, -0.2) is 13.1 Å². The number of benzene rings is 2. The van der Waals surface area contributed by atoms with Gasteiger partial charge in [0.2, 0.25) is 10.0 Å². The first-order chi connectivity index (χ1) is 11.3. The van der Waals surface area contributed by atoms with Gasteiger partial charge in [0.15, 0.2) is 0 Å². The number of carbonyl (C=O) groups excluding carboxylic acids is 1. The van der Waals surface area contributed by atoms with Gasteiger partial charge in [-0.15, -0.1) is 0 Å². The molecule has 2 rings (SSSR count). The predicted octanol–water partition coefficient (Wildman–Crippen LogP) is 3.51. The summed E-state index contributed by atoms with van der Waals surface area (Å²) in [6.45, 7) is 5.53. The number of aryl methyl sites for hydroxylation is 1. The van der Waals surface area contributed by atoms with Crippen LogP contribution in [0.3, 0.4) is 0 Å². The van der Waals surface area contributed by atoms with Crippen molar-refractivity contribution in [3.8, 4) is 0 Å². The number of rotatable bonds is 5. The molecule has 0 fully saturated rings. The molecule has 0 bridgehead atoms. The molecule has 0 aliphatic rings. The van der Waals surface area contributed by atoms with Crippen LogP contribution in [0.2, 0.25) is 5.02 Å². The van der Waals surface area contributed by atoms with Crippen molar-refractivity contribution < 1.29 is 13.2 Å². The molecule has 0 radical (unpaired) electrons. The largest absolute Gasteiger partial charge is 0.322 e. The highest BCUT2D eigenvalue weighted by atomic mass is 35.5. The quantitative estimate of drug-likeness (QED) is 0.850. The molecule has 5 nitrogen and oxygen atoms in total. The third-order valence-corrected chi connectivity index (χ3v) is 5.57. The zero-order chi connectivity index (χ0) is 17.9. The molecule has 0 atom stereocenters. The van der Waals surface area contributed by atoms with E-state index in [0.29, 0.717) is 21.8 Å². The van der Waals surface area contributed by atoms with E-state index in [1.54, 1.807) is 45.0 Å². The molecule has 0 unspecified atom stereocenters. The third kappa shape index (κ3) is 3.95. The van der Waals surface area contributed by atoms with E-state index in [2.05, 4.69) is 10.0 Å². The summed E-state index contributed by atoms with van der Waals surface area (Å²) < 4.78 is 26.6. The molecule has 128 valence electrons. The average Bonchev–Trinajstić information content (AvgIpc) is 2.52. The molecular weight excluding hydrogens is 348 g/mol. The molecule has 0 aromatic heterocycles. The number of hydrogen-bond donors (Lipinski definition) is 2. The van der Waals surface area contributed by atoms with Gasteiger partial charge in [-0.3, -0.25) is 4.79 Å². The van der Waals surface area contributed by atoms with Gasteiger partial charge in [0, 0.05) is 22.8 Å². The Kier molecular flexibility index (Phi) is 5.64. The van der Waals surface area contributed by atoms with E-state index in [1.807, 2.05) is 0 Å². The fourth-order valence-electron chi connectivity index (χ4n) is 2.22. The van der Waals surface area contributed by atoms with Gasteiger partial charge >= 0.3 is 0 Å². The third-order valence-electron chi connectivity index (χ3n) is 3.61. The van der Waals surface area contributed by atoms with Gasteiger partial charge in [-0.1, -0.05) is 30.7 Å². The van der Waals surface area contributed by atoms with Crippen LogP contribution in [0.25, 0.3) is 0 Å². The van der Waals surface area contributed by atoms with Crippen LogP contribution in [-0.4, -0.2) is 20.9 Å². The summed E-state index contributed by atoms with van der Waals surface area (Å²) >= 11 is 6.06. The van der Waals surface area contributed by atoms with E-state index in [0.717, 1.165) is 5.56 Å². The molecule has 0 aliphatic heterocycles. The molecule has 0 saturated heterocycles. The SMILES string of the molecule is CCNS(=O)(=O)c1ccc(C)c(C(=O)Nc2cccc(Cl)c2C)c1. The van der Waals surface area contributed by atoms with Gasteiger partial charge in [0.25, 0.3) is 5.91 Å². The number of hydrogen-bond acceptors (Lipinski definition) is 3. The molecule has 0 spiro atoms. The van der Waals surface area contributed by atoms with Crippen LogP contribution < -0.4 is 10.0 Å². The lowest BCUT2D eigenvalue weighted by atomic mass is 10.1. The van der Waals surface area contributed by atoms with Crippen molar-refractivity contribution in [3.63, 3.8) is 0 Å². The highest BCUT2D eigenvalue weighted by Gasteiger charge is 2.18. The summed E-state index contributed by atoms with van der Waals surface area (Å²) in [5.74, 6) is -0.383. The Morgan fingerprint density at radius 2 is 1.88 bits per heavy atom. The Hall–Kier alpha value is -1.89. The molecule has 0 aliphatic carbocycles. The van der Waals surface area contributed by atoms with Crippen molar-refractivity contribution >= 4 is 33.2 Å². The second kappa shape index (κ2) is 7.34. The van der Waals surface area contributed by atoms with Gasteiger partial charge in [-0.05, 0) is 49.2 Å². The fraction of sp³-hybridized carbons (Fsp3) is 0.235. The minimum Gasteiger partial charge on any atom is -0.322 e. The lowest BCUT2D eigenvalue weighted by Crippen LogP contribution is -2.24. The summed E-state index contributed by atoms with van der Waals surface area (Å²) in [7, 11) is -3.62. The first-order valence-electron chi connectivity index (χ1n) is 7.43. The topological polar surface area (TPSA) is 75.3 Å². The van der Waals surface area contributed by atoms with E-state index in [9.17, 15) is 13.2 Å². The van der Waals surface area contributed by atoms with Crippen molar-refractivity contribution in [1.82, 2.24) is 4.72 Å². The molecule has 2 aromatic carbocycles. The fourth-order valence-corrected chi connectivity index (χ4v) is 3.46. The molecule has 2 N–H and O–H groups in total. The minimum atomic E-state index is -3.62. The Morgan fingerprint density at radius 1 is 1.17 bits per heavy atom. The second-order valence-corrected chi connectivity index (χ2v) is 7.52. The second-order valence-electron chi connectivity index (χ2n) is 5.34. The maximum Gasteiger partial charge on any atom is 0.255 e. The zero-order valence-electron chi connectivity index (χ0n) is 13.7. The van der Waals surface area contributed by atoms with Crippen LogP contribution in [0.5, 0.6) is 0 Å². The number of carbonyl (C=O) groups is 1. The molecule has 1 amide bonds. The van der Waals surface area contributed by atoms with Crippen LogP contribution in [-0.2, 0) is 10.0 Å². The van der Waals surface area contributed by atoms with Gasteiger partial charge in [0.1, 0.15) is 0 Å². The minimum absolute atomic E-state index is 0.0583. The lowest BCUT2D eigenvalue weighted by molar-refractivity contribution is 0.102. The number of nitrogens with one attached hydrogen (secondary N) is 2. The standard InChI is InChI=1S/C17H19ClN2O3S/c1-4-19-24(22,23)13-9-8-11(2)14(10-13)17(21)20-16-7-5-6-15(18)12(16)3/h5-10,19H,4H2,1-3H3,(H,20,21). The Balaban J connectivity index is 2.37. The highest BCUT2D eigenvalue weighted by Crippen LogP contribution is 2.24. The van der Waals surface area contributed by atoms with Gasteiger partial charge in [0.05, 0.1) is 4.90 Å². The molecule has 0 saturated carbocycles. The van der Waals surface area contributed by atoms with Gasteiger partial charge < -0.3 is 5.32 Å². The zero-order valence-corrected chi connectivity index (χ0v) is 15.3. The van der Waals surface area contributed by atoms with Crippen LogP contribution in [0.15, 0.2) is 41.3 Å². The van der Waals surface area contributed by atoms with Crippen LogP contribution in [0.4, 0.5) is 5.69 Å². The lowest BCUT2D eigenvalue weighted by Gasteiger charge is -2.12. The predicted molar refractivity (Wildman–Crippen MR) is 96.2 cm³/mol. The number of anilines is 1. The van der Waals surface area contributed by atoms with E-state index in [-0.39, 0.29) is 17.3 Å². The van der Waals surface area contributed by atoms with E-state index in [1.165, 1.54) is 12.1 Å². The molecule has 7 heteroatoms. The van der Waals surface area contributed by atoms with Crippen molar-refractivity contribution in [2.45, 2.75) is 25.7 Å². The number of halogens is 1. The maximum atomic E-state index is 12.6. The smallest absolute Gasteiger partial charge is 0.255 e. The first-order valence-corrected chi connectivity index (χ1v) is 9.29. The van der Waals surface area contributed by atoms with Crippen LogP contribution in [0, 0.1) is 13.8 Å². The van der Waals surface area contributed by atoms with E-state index in [4.69, 9.17) is 11.6 Å². The van der Waals surface area contributed by atoms with E-state index < -0.39 is 10.0 Å². The van der Waals surface area contributed by atoms with Crippen molar-refractivity contribution in [3.05, 3.63) is 58.1 Å². The Bertz CT molecular complexity index is 879. The molecular formula is C17H19ClN2O3S. The molecule has 2 aromatic rings. The van der Waals surface area contributed by atoms with E-state index >= 15 is 0 Å². The number of amides is 1. The van der Waals surface area contributed by atoms with Crippen molar-refractivity contribution in [2.24, 2.45) is 0 Å². The highest BCUT2D eigenvalue weighted by molar-refractivity contribution is 7.89. The van der Waals surface area contributed by atoms with Gasteiger partial charge in [-0.2, -0.15) is 0 Å². The van der Waals surface area contributed by atoms with Crippen LogP contribution >= 0.6 is 11.6 Å². The summed E-state index contributed by atoms with van der Waals surface area (Å²) in [5, 5.41) is 3.33. The number of sulfonamides is 1. The monoisotopic (exact) mass is 366 g/mol. The normalized spacial score (nSPS) is 11.3. The summed E-state index contributed by atoms with van der Waals surface area (Å²) in [6.07, 6.45) is 0. The molecule has 24 heavy (non-hydrogen) atoms. The molecule has 0 heterocycles. The maximum absolute atomic E-state index is 12.6. The van der Waals surface area contributed by atoms with Crippen molar-refractivity contribution in [1.29, 1.82) is 0 Å².